The minimum atomic E-state index is -0.257. The van der Waals surface area contributed by atoms with Crippen LogP contribution in [-0.4, -0.2) is 55.5 Å². The number of ether oxygens (including phenoxy) is 1. The molecular weight excluding hydrogens is 487 g/mol. The largest absolute Gasteiger partial charge is 0.508 e. The van der Waals surface area contributed by atoms with Crippen LogP contribution in [0.15, 0.2) is 66.7 Å². The van der Waals surface area contributed by atoms with Gasteiger partial charge in [-0.05, 0) is 115 Å². The number of alkyl halides is 1. The van der Waals surface area contributed by atoms with Crippen molar-refractivity contribution in [2.45, 2.75) is 51.0 Å². The first kappa shape index (κ1) is 25.9. The Kier molecular flexibility index (Phi) is 7.87. The molecule has 0 amide bonds. The first-order chi connectivity index (χ1) is 19.2. The zero-order chi connectivity index (χ0) is 26.6. The van der Waals surface area contributed by atoms with Gasteiger partial charge >= 0.3 is 0 Å². The van der Waals surface area contributed by atoms with Gasteiger partial charge in [-0.25, -0.2) is 0 Å². The number of aryl methyl sites for hydroxylation is 1. The molecule has 0 bridgehead atoms. The number of nitrogens with zero attached hydrogens (tertiary/aromatic N) is 2. The van der Waals surface area contributed by atoms with Crippen LogP contribution in [0.25, 0.3) is 11.1 Å². The van der Waals surface area contributed by atoms with Crippen molar-refractivity contribution in [1.82, 2.24) is 4.90 Å². The van der Waals surface area contributed by atoms with Crippen LogP contribution in [0.1, 0.15) is 60.8 Å². The third kappa shape index (κ3) is 5.84. The van der Waals surface area contributed by atoms with Crippen LogP contribution < -0.4 is 9.64 Å². The molecule has 5 heteroatoms. The normalized spacial score (nSPS) is 19.8. The van der Waals surface area contributed by atoms with Crippen molar-refractivity contribution in [2.75, 3.05) is 44.3 Å². The van der Waals surface area contributed by atoms with Gasteiger partial charge in [-0.15, -0.1) is 0 Å². The maximum Gasteiger partial charge on any atom is 0.119 e. The van der Waals surface area contributed by atoms with Crippen LogP contribution in [0.3, 0.4) is 0 Å². The number of benzene rings is 3. The minimum Gasteiger partial charge on any atom is -0.508 e. The Labute approximate surface area is 231 Å². The highest BCUT2D eigenvalue weighted by atomic mass is 19.1. The number of hydrogen-bond donors (Lipinski definition) is 1. The Balaban J connectivity index is 1.30. The minimum absolute atomic E-state index is 0.154. The molecule has 3 aromatic carbocycles. The number of anilines is 1. The molecule has 2 saturated heterocycles. The van der Waals surface area contributed by atoms with E-state index in [2.05, 4.69) is 64.4 Å². The fourth-order valence-corrected chi connectivity index (χ4v) is 6.51. The maximum absolute atomic E-state index is 12.6. The van der Waals surface area contributed by atoms with E-state index in [9.17, 15) is 9.50 Å². The predicted molar refractivity (Wildman–Crippen MR) is 157 cm³/mol. The van der Waals surface area contributed by atoms with Gasteiger partial charge in [0.1, 0.15) is 17.6 Å². The van der Waals surface area contributed by atoms with Gasteiger partial charge in [-0.2, -0.15) is 0 Å². The summed E-state index contributed by atoms with van der Waals surface area (Å²) in [6.07, 6.45) is 7.27. The van der Waals surface area contributed by atoms with Crippen LogP contribution >= 0.6 is 0 Å². The second-order valence-electron chi connectivity index (χ2n) is 11.2. The second-order valence-corrected chi connectivity index (χ2v) is 11.2. The molecular formula is C34H39FN2O2. The number of rotatable bonds is 8. The number of phenolic OH excluding ortho intramolecular Hbond substituents is 1. The molecule has 2 aliphatic heterocycles. The van der Waals surface area contributed by atoms with Gasteiger partial charge in [0.05, 0.1) is 6.67 Å². The third-order valence-corrected chi connectivity index (χ3v) is 8.50. The number of hydrogen-bond acceptors (Lipinski definition) is 4. The number of allylic oxidation sites excluding steroid dienone is 1. The Morgan fingerprint density at radius 3 is 2.38 bits per heavy atom. The summed E-state index contributed by atoms with van der Waals surface area (Å²) >= 11 is 0. The van der Waals surface area contributed by atoms with Gasteiger partial charge in [-0.3, -0.25) is 9.29 Å². The fraction of sp³-hybridized carbons (Fsp3) is 0.412. The quantitative estimate of drug-likeness (QED) is 0.340. The van der Waals surface area contributed by atoms with Crippen molar-refractivity contribution in [2.24, 2.45) is 0 Å². The van der Waals surface area contributed by atoms with E-state index in [0.717, 1.165) is 64.2 Å². The Morgan fingerprint density at radius 1 is 0.846 bits per heavy atom. The number of halogens is 1. The first-order valence-corrected chi connectivity index (χ1v) is 14.6. The average Bonchev–Trinajstić information content (AvgIpc) is 3.62. The van der Waals surface area contributed by atoms with Crippen LogP contribution in [0.2, 0.25) is 0 Å². The predicted octanol–water partition coefficient (Wildman–Crippen LogP) is 7.10. The van der Waals surface area contributed by atoms with Crippen LogP contribution in [0, 0.1) is 0 Å². The van der Waals surface area contributed by atoms with E-state index in [1.165, 1.54) is 51.9 Å². The van der Waals surface area contributed by atoms with Crippen LogP contribution in [-0.2, 0) is 6.42 Å². The molecule has 3 aromatic rings. The van der Waals surface area contributed by atoms with Gasteiger partial charge in [-0.1, -0.05) is 30.3 Å². The Morgan fingerprint density at radius 2 is 1.62 bits per heavy atom. The van der Waals surface area contributed by atoms with E-state index in [1.807, 2.05) is 12.1 Å². The van der Waals surface area contributed by atoms with Crippen molar-refractivity contribution < 1.29 is 14.2 Å². The van der Waals surface area contributed by atoms with E-state index in [1.54, 1.807) is 0 Å². The molecule has 4 nitrogen and oxygen atoms in total. The summed E-state index contributed by atoms with van der Waals surface area (Å²) in [7, 11) is 0. The third-order valence-electron chi connectivity index (χ3n) is 8.50. The molecule has 1 N–H and O–H groups in total. The second kappa shape index (κ2) is 11.8. The summed E-state index contributed by atoms with van der Waals surface area (Å²) in [4.78, 5) is 4.77. The molecule has 2 heterocycles. The van der Waals surface area contributed by atoms with Gasteiger partial charge in [0.2, 0.25) is 0 Å². The lowest BCUT2D eigenvalue weighted by molar-refractivity contribution is 0.198. The first-order valence-electron chi connectivity index (χ1n) is 14.6. The molecule has 1 atom stereocenters. The summed E-state index contributed by atoms with van der Waals surface area (Å²) in [5, 5.41) is 10.2. The fourth-order valence-electron chi connectivity index (χ4n) is 6.51. The number of fused-ring (bicyclic) bond motifs is 1. The summed E-state index contributed by atoms with van der Waals surface area (Å²) < 4.78 is 18.9. The van der Waals surface area contributed by atoms with E-state index in [4.69, 9.17) is 4.74 Å². The topological polar surface area (TPSA) is 35.9 Å². The van der Waals surface area contributed by atoms with Crippen molar-refractivity contribution >= 4 is 16.8 Å². The average molecular weight is 527 g/mol. The van der Waals surface area contributed by atoms with E-state index in [0.29, 0.717) is 12.2 Å². The van der Waals surface area contributed by atoms with Gasteiger partial charge in [0, 0.05) is 38.4 Å². The molecule has 0 radical (unpaired) electrons. The smallest absolute Gasteiger partial charge is 0.119 e. The van der Waals surface area contributed by atoms with E-state index >= 15 is 0 Å². The zero-order valence-electron chi connectivity index (χ0n) is 22.7. The van der Waals surface area contributed by atoms with Crippen molar-refractivity contribution in [3.05, 3.63) is 89.0 Å². The maximum atomic E-state index is 12.6. The van der Waals surface area contributed by atoms with Crippen molar-refractivity contribution in [3.8, 4) is 11.5 Å². The number of likely N-dealkylation sites (tertiary alicyclic amines) is 1. The zero-order valence-corrected chi connectivity index (χ0v) is 22.7. The molecule has 0 saturated carbocycles. The lowest BCUT2D eigenvalue weighted by atomic mass is 9.87. The summed E-state index contributed by atoms with van der Waals surface area (Å²) in [5.41, 5.74) is 8.78. The lowest BCUT2D eigenvalue weighted by Gasteiger charge is -2.20. The molecule has 6 rings (SSSR count). The molecule has 2 fully saturated rings. The molecule has 1 aliphatic carbocycles. The van der Waals surface area contributed by atoms with Crippen LogP contribution in [0.4, 0.5) is 10.1 Å². The van der Waals surface area contributed by atoms with Gasteiger partial charge in [0.15, 0.2) is 0 Å². The van der Waals surface area contributed by atoms with Crippen molar-refractivity contribution in [1.29, 1.82) is 0 Å². The molecule has 3 aliphatic rings. The summed E-state index contributed by atoms with van der Waals surface area (Å²) in [6, 6.07) is 23.5. The summed E-state index contributed by atoms with van der Waals surface area (Å²) in [5.74, 6) is 1.21. The Hall–Kier alpha value is -3.31. The van der Waals surface area contributed by atoms with Gasteiger partial charge < -0.3 is 14.7 Å². The lowest BCUT2D eigenvalue weighted by Crippen LogP contribution is -2.26. The Bertz CT molecular complexity index is 1300. The van der Waals surface area contributed by atoms with Gasteiger partial charge in [0.25, 0.3) is 0 Å². The highest BCUT2D eigenvalue weighted by Crippen LogP contribution is 2.41. The molecule has 204 valence electrons. The van der Waals surface area contributed by atoms with Crippen LogP contribution in [0.5, 0.6) is 11.5 Å². The highest BCUT2D eigenvalue weighted by Gasteiger charge is 2.24. The molecule has 0 spiro atoms. The monoisotopic (exact) mass is 526 g/mol. The highest BCUT2D eigenvalue weighted by molar-refractivity contribution is 6.00. The molecule has 39 heavy (non-hydrogen) atoms. The summed E-state index contributed by atoms with van der Waals surface area (Å²) in [6.45, 7) is 4.68. The molecule has 0 aromatic heterocycles. The van der Waals surface area contributed by atoms with Crippen molar-refractivity contribution in [3.63, 3.8) is 0 Å². The molecule has 1 unspecified atom stereocenters. The SMILES string of the molecule is Oc1ccc2c(c1)CCCC(c1ccc(N3CCCC3)cc1)=C2c1ccc(OC2CCN(CCCF)C2)cc1. The van der Waals surface area contributed by atoms with E-state index in [-0.39, 0.29) is 12.8 Å². The number of aromatic hydroxyl groups is 1. The standard InChI is InChI=1S/C34H39FN2O2/c35-18-4-19-36-22-17-31(24-36)39-30-14-9-26(10-15-30)34-32(6-3-5-27-23-29(38)13-16-33(27)34)25-7-11-28(12-8-25)37-20-1-2-21-37/h7-16,23,31,38H,1-6,17-22,24H2. The number of phenols is 1. The van der Waals surface area contributed by atoms with E-state index < -0.39 is 0 Å².